The van der Waals surface area contributed by atoms with E-state index in [0.717, 1.165) is 90.0 Å². The first-order valence-electron chi connectivity index (χ1n) is 24.0. The fraction of sp³-hybridized carbons (Fsp3) is 0.857. The summed E-state index contributed by atoms with van der Waals surface area (Å²) >= 11 is 0. The molecule has 1 atom stereocenters. The molecule has 0 aliphatic heterocycles. The van der Waals surface area contributed by atoms with Crippen molar-refractivity contribution < 1.29 is 38.1 Å². The fourth-order valence-corrected chi connectivity index (χ4v) is 6.42. The van der Waals surface area contributed by atoms with Crippen molar-refractivity contribution in [2.24, 2.45) is 5.92 Å². The van der Waals surface area contributed by atoms with E-state index in [1.165, 1.54) is 77.0 Å². The normalized spacial score (nSPS) is 12.3. The summed E-state index contributed by atoms with van der Waals surface area (Å²) in [5, 5.41) is 0. The molecular weight excluding hydrogens is 731 g/mol. The molecule has 0 amide bonds. The van der Waals surface area contributed by atoms with Crippen LogP contribution < -0.4 is 0 Å². The molecule has 1 unspecified atom stereocenters. The first-order valence-corrected chi connectivity index (χ1v) is 24.0. The van der Waals surface area contributed by atoms with Crippen molar-refractivity contribution in [3.05, 3.63) is 24.3 Å². The molecule has 0 saturated heterocycles. The van der Waals surface area contributed by atoms with Crippen molar-refractivity contribution in [2.45, 2.75) is 213 Å². The van der Waals surface area contributed by atoms with E-state index >= 15 is 0 Å². The molecule has 0 saturated carbocycles. The second kappa shape index (κ2) is 44.3. The quantitative estimate of drug-likeness (QED) is 0.0195. The van der Waals surface area contributed by atoms with E-state index in [4.69, 9.17) is 23.7 Å². The molecule has 340 valence electrons. The lowest BCUT2D eigenvalue weighted by atomic mass is 10.1. The molecule has 0 aromatic heterocycles. The van der Waals surface area contributed by atoms with Gasteiger partial charge in [-0.25, -0.2) is 0 Å². The van der Waals surface area contributed by atoms with Crippen LogP contribution >= 0.6 is 0 Å². The Labute approximate surface area is 357 Å². The van der Waals surface area contributed by atoms with Gasteiger partial charge in [0.25, 0.3) is 0 Å². The highest BCUT2D eigenvalue weighted by molar-refractivity contribution is 5.70. The van der Waals surface area contributed by atoms with Crippen LogP contribution in [0.25, 0.3) is 0 Å². The zero-order chi connectivity index (χ0) is 42.6. The summed E-state index contributed by atoms with van der Waals surface area (Å²) in [7, 11) is 4.02. The number of allylic oxidation sites excluding steroid dienone is 4. The van der Waals surface area contributed by atoms with Crippen LogP contribution in [-0.2, 0) is 38.1 Å². The van der Waals surface area contributed by atoms with Gasteiger partial charge in [-0.05, 0) is 84.8 Å². The molecule has 0 rings (SSSR count). The number of ether oxygens (including phenoxy) is 5. The predicted octanol–water partition coefficient (Wildman–Crippen LogP) is 12.6. The minimum atomic E-state index is -0.446. The van der Waals surface area contributed by atoms with Crippen LogP contribution in [0.4, 0.5) is 0 Å². The molecule has 0 aliphatic rings. The second-order valence-electron chi connectivity index (χ2n) is 16.4. The van der Waals surface area contributed by atoms with Gasteiger partial charge in [0.15, 0.2) is 6.29 Å². The van der Waals surface area contributed by atoms with Crippen LogP contribution in [-0.4, -0.2) is 82.8 Å². The minimum absolute atomic E-state index is 0.00557. The van der Waals surface area contributed by atoms with E-state index in [2.05, 4.69) is 50.0 Å². The fourth-order valence-electron chi connectivity index (χ4n) is 6.42. The summed E-state index contributed by atoms with van der Waals surface area (Å²) in [5.41, 5.74) is 0. The number of nitrogens with zero attached hydrogens (tertiary/aromatic N) is 1. The smallest absolute Gasteiger partial charge is 0.305 e. The molecule has 0 bridgehead atoms. The maximum atomic E-state index is 12.9. The van der Waals surface area contributed by atoms with Crippen molar-refractivity contribution in [1.82, 2.24) is 4.90 Å². The van der Waals surface area contributed by atoms with Crippen LogP contribution in [0.15, 0.2) is 24.3 Å². The highest BCUT2D eigenvalue weighted by atomic mass is 16.7. The zero-order valence-electron chi connectivity index (χ0n) is 38.4. The zero-order valence-corrected chi connectivity index (χ0v) is 38.4. The van der Waals surface area contributed by atoms with E-state index in [-0.39, 0.29) is 44.1 Å². The molecule has 0 radical (unpaired) electrons. The molecule has 9 heteroatoms. The van der Waals surface area contributed by atoms with Crippen LogP contribution in [0.3, 0.4) is 0 Å². The minimum Gasteiger partial charge on any atom is -0.465 e. The van der Waals surface area contributed by atoms with E-state index in [0.29, 0.717) is 32.5 Å². The van der Waals surface area contributed by atoms with E-state index in [1.54, 1.807) is 0 Å². The number of carbonyl (C=O) groups is 3. The van der Waals surface area contributed by atoms with Crippen molar-refractivity contribution in [1.29, 1.82) is 0 Å². The topological polar surface area (TPSA) is 101 Å². The SMILES string of the molecule is CCCCC/C=C\C/C=C\CCCCCCCC(=O)OCC(COC(=O)CCCCN(C)C)COC(=O)CCC(OCCCCCCCC)OCCCCCCCC. The third kappa shape index (κ3) is 41.9. The average Bonchev–Trinajstić information content (AvgIpc) is 3.21. The van der Waals surface area contributed by atoms with Crippen molar-refractivity contribution in [3.63, 3.8) is 0 Å². The van der Waals surface area contributed by atoms with Crippen molar-refractivity contribution in [3.8, 4) is 0 Å². The molecule has 58 heavy (non-hydrogen) atoms. The largest absolute Gasteiger partial charge is 0.465 e. The molecule has 0 heterocycles. The molecule has 9 nitrogen and oxygen atoms in total. The van der Waals surface area contributed by atoms with Gasteiger partial charge in [-0.1, -0.05) is 141 Å². The molecule has 0 aromatic rings. The maximum Gasteiger partial charge on any atom is 0.305 e. The Morgan fingerprint density at radius 1 is 0.466 bits per heavy atom. The van der Waals surface area contributed by atoms with Gasteiger partial charge < -0.3 is 28.6 Å². The highest BCUT2D eigenvalue weighted by Gasteiger charge is 2.19. The van der Waals surface area contributed by atoms with Gasteiger partial charge in [-0.2, -0.15) is 0 Å². The molecule has 0 aromatic carbocycles. The number of carbonyl (C=O) groups excluding carboxylic acids is 3. The molecular formula is C49H91NO8. The third-order valence-corrected chi connectivity index (χ3v) is 10.2. The van der Waals surface area contributed by atoms with Gasteiger partial charge >= 0.3 is 17.9 Å². The van der Waals surface area contributed by atoms with E-state index in [9.17, 15) is 14.4 Å². The Bertz CT molecular complexity index is 966. The number of rotatable bonds is 44. The standard InChI is InChI=1S/C49H91NO8/c1-6-9-12-15-18-19-20-21-22-23-24-25-26-27-30-35-46(51)56-42-45(43-57-47(52)36-31-32-39-50(4)5)44-58-48(53)37-38-49(54-40-33-28-16-13-10-7-2)55-41-34-29-17-14-11-8-3/h18-19,21-22,45,49H,6-17,20,23-44H2,1-5H3/b19-18-,22-21-. The maximum absolute atomic E-state index is 12.9. The summed E-state index contributed by atoms with van der Waals surface area (Å²) in [6.07, 6.45) is 38.0. The second-order valence-corrected chi connectivity index (χ2v) is 16.4. The first-order chi connectivity index (χ1) is 28.3. The molecule has 0 N–H and O–H groups in total. The molecule has 0 aliphatic carbocycles. The van der Waals surface area contributed by atoms with Gasteiger partial charge in [0.2, 0.25) is 0 Å². The number of hydrogen-bond acceptors (Lipinski definition) is 9. The van der Waals surface area contributed by atoms with Gasteiger partial charge in [0.05, 0.1) is 12.3 Å². The lowest BCUT2D eigenvalue weighted by Gasteiger charge is -2.20. The summed E-state index contributed by atoms with van der Waals surface area (Å²) < 4.78 is 29.0. The van der Waals surface area contributed by atoms with Gasteiger partial charge in [0, 0.05) is 32.5 Å². The Morgan fingerprint density at radius 2 is 0.862 bits per heavy atom. The Morgan fingerprint density at radius 3 is 1.36 bits per heavy atom. The average molecular weight is 822 g/mol. The Hall–Kier alpha value is -2.23. The van der Waals surface area contributed by atoms with Gasteiger partial charge in [0.1, 0.15) is 19.8 Å². The monoisotopic (exact) mass is 822 g/mol. The highest BCUT2D eigenvalue weighted by Crippen LogP contribution is 2.14. The lowest BCUT2D eigenvalue weighted by Crippen LogP contribution is -2.27. The van der Waals surface area contributed by atoms with Crippen LogP contribution in [0.1, 0.15) is 207 Å². The van der Waals surface area contributed by atoms with E-state index in [1.807, 2.05) is 14.1 Å². The third-order valence-electron chi connectivity index (χ3n) is 10.2. The van der Waals surface area contributed by atoms with Crippen LogP contribution in [0, 0.1) is 5.92 Å². The number of esters is 3. The summed E-state index contributed by atoms with van der Waals surface area (Å²) in [5.74, 6) is -1.37. The Kier molecular flexibility index (Phi) is 42.6. The predicted molar refractivity (Wildman–Crippen MR) is 240 cm³/mol. The summed E-state index contributed by atoms with van der Waals surface area (Å²) in [6, 6.07) is 0. The van der Waals surface area contributed by atoms with Crippen LogP contribution in [0.5, 0.6) is 0 Å². The van der Waals surface area contributed by atoms with Crippen molar-refractivity contribution >= 4 is 17.9 Å². The van der Waals surface area contributed by atoms with Gasteiger partial charge in [-0.3, -0.25) is 14.4 Å². The van der Waals surface area contributed by atoms with E-state index < -0.39 is 12.2 Å². The van der Waals surface area contributed by atoms with Gasteiger partial charge in [-0.15, -0.1) is 0 Å². The number of hydrogen-bond donors (Lipinski definition) is 0. The Balaban J connectivity index is 4.76. The summed E-state index contributed by atoms with van der Waals surface area (Å²) in [4.78, 5) is 40.1. The summed E-state index contributed by atoms with van der Waals surface area (Å²) in [6.45, 7) is 8.89. The molecule has 0 fully saturated rings. The first kappa shape index (κ1) is 55.8. The van der Waals surface area contributed by atoms with Crippen molar-refractivity contribution in [2.75, 3.05) is 53.7 Å². The molecule has 0 spiro atoms. The van der Waals surface area contributed by atoms with Crippen LogP contribution in [0.2, 0.25) is 0 Å². The lowest BCUT2D eigenvalue weighted by molar-refractivity contribution is -0.162. The number of unbranched alkanes of at least 4 members (excludes halogenated alkanes) is 19.